The van der Waals surface area contributed by atoms with Crippen LogP contribution in [-0.4, -0.2) is 29.0 Å². The summed E-state index contributed by atoms with van der Waals surface area (Å²) in [4.78, 5) is 14.7. The molecule has 1 fully saturated rings. The molecule has 0 amide bonds. The Bertz CT molecular complexity index is 653. The van der Waals surface area contributed by atoms with Crippen LogP contribution in [0.15, 0.2) is 30.6 Å². The minimum atomic E-state index is -0.365. The van der Waals surface area contributed by atoms with Crippen molar-refractivity contribution >= 4 is 22.1 Å². The molecule has 2 N–H and O–H groups in total. The molecule has 21 heavy (non-hydrogen) atoms. The third-order valence-corrected chi connectivity index (χ3v) is 3.96. The Morgan fingerprint density at radius 2 is 2.29 bits per heavy atom. The number of benzene rings is 1. The van der Waals surface area contributed by atoms with Crippen LogP contribution >= 0.6 is 0 Å². The van der Waals surface area contributed by atoms with E-state index >= 15 is 0 Å². The van der Waals surface area contributed by atoms with Gasteiger partial charge >= 0.3 is 0 Å². The van der Waals surface area contributed by atoms with Crippen molar-refractivity contribution in [2.24, 2.45) is 0 Å². The van der Waals surface area contributed by atoms with Gasteiger partial charge in [0.1, 0.15) is 0 Å². The fourth-order valence-electron chi connectivity index (χ4n) is 2.87. The fourth-order valence-corrected chi connectivity index (χ4v) is 2.87. The first-order valence-corrected chi connectivity index (χ1v) is 7.24. The van der Waals surface area contributed by atoms with Gasteiger partial charge in [0, 0.05) is 42.1 Å². The first kappa shape index (κ1) is 13.8. The number of pyridine rings is 1. The molecule has 1 aliphatic rings. The van der Waals surface area contributed by atoms with E-state index in [-0.39, 0.29) is 10.6 Å². The molecule has 1 unspecified atom stereocenters. The van der Waals surface area contributed by atoms with Crippen LogP contribution in [0, 0.1) is 10.1 Å². The lowest BCUT2D eigenvalue weighted by Crippen LogP contribution is -2.24. The number of nitrogens with zero attached hydrogens (tertiary/aromatic N) is 2. The molecular weight excluding hydrogens is 268 g/mol. The van der Waals surface area contributed by atoms with Gasteiger partial charge in [-0.25, -0.2) is 0 Å². The third-order valence-electron chi connectivity index (χ3n) is 3.96. The van der Waals surface area contributed by atoms with Crippen LogP contribution < -0.4 is 10.6 Å². The van der Waals surface area contributed by atoms with Crippen LogP contribution in [0.4, 0.5) is 11.4 Å². The summed E-state index contributed by atoms with van der Waals surface area (Å²) < 4.78 is 0. The van der Waals surface area contributed by atoms with Crippen molar-refractivity contribution in [2.75, 3.05) is 18.4 Å². The standard InChI is InChI=1S/C15H18N4O2/c20-19(21)15-4-3-14(12-6-8-16-10-13(12)15)18-9-5-11-2-1-7-17-11/h3-4,6,8,10-11,17-18H,1-2,5,7,9H2. The molecule has 6 nitrogen and oxygen atoms in total. The van der Waals surface area contributed by atoms with Crippen molar-refractivity contribution in [1.29, 1.82) is 0 Å². The molecule has 1 aromatic heterocycles. The minimum absolute atomic E-state index is 0.0982. The number of rotatable bonds is 5. The van der Waals surface area contributed by atoms with Crippen LogP contribution in [0.3, 0.4) is 0 Å². The predicted octanol–water partition coefficient (Wildman–Crippen LogP) is 2.70. The highest BCUT2D eigenvalue weighted by molar-refractivity contribution is 5.99. The Hall–Kier alpha value is -2.21. The Balaban J connectivity index is 1.79. The van der Waals surface area contributed by atoms with Crippen molar-refractivity contribution < 1.29 is 4.92 Å². The van der Waals surface area contributed by atoms with Crippen molar-refractivity contribution in [2.45, 2.75) is 25.3 Å². The topological polar surface area (TPSA) is 80.1 Å². The second kappa shape index (κ2) is 6.05. The summed E-state index contributed by atoms with van der Waals surface area (Å²) in [5.41, 5.74) is 1.03. The zero-order chi connectivity index (χ0) is 14.7. The second-order valence-electron chi connectivity index (χ2n) is 5.32. The minimum Gasteiger partial charge on any atom is -0.384 e. The summed E-state index contributed by atoms with van der Waals surface area (Å²) in [6, 6.07) is 5.73. The highest BCUT2D eigenvalue weighted by atomic mass is 16.6. The maximum absolute atomic E-state index is 11.1. The van der Waals surface area contributed by atoms with E-state index in [9.17, 15) is 10.1 Å². The summed E-state index contributed by atoms with van der Waals surface area (Å²) in [5, 5.41) is 19.3. The molecule has 1 aliphatic heterocycles. The van der Waals surface area contributed by atoms with E-state index in [2.05, 4.69) is 15.6 Å². The molecule has 0 radical (unpaired) electrons. The highest BCUT2D eigenvalue weighted by Gasteiger charge is 2.15. The smallest absolute Gasteiger partial charge is 0.278 e. The van der Waals surface area contributed by atoms with Gasteiger partial charge in [0.05, 0.1) is 10.3 Å². The molecule has 0 spiro atoms. The largest absolute Gasteiger partial charge is 0.384 e. The van der Waals surface area contributed by atoms with E-state index < -0.39 is 0 Å². The zero-order valence-electron chi connectivity index (χ0n) is 11.7. The maximum atomic E-state index is 11.1. The molecule has 2 aromatic rings. The third kappa shape index (κ3) is 2.95. The molecule has 1 atom stereocenters. The summed E-state index contributed by atoms with van der Waals surface area (Å²) in [6.45, 7) is 1.96. The van der Waals surface area contributed by atoms with Gasteiger partial charge < -0.3 is 10.6 Å². The molecule has 6 heteroatoms. The number of hydrogen-bond donors (Lipinski definition) is 2. The van der Waals surface area contributed by atoms with E-state index in [1.807, 2.05) is 6.07 Å². The van der Waals surface area contributed by atoms with Gasteiger partial charge in [0.25, 0.3) is 5.69 Å². The number of nitro benzene ring substituents is 1. The molecule has 1 saturated heterocycles. The van der Waals surface area contributed by atoms with Crippen molar-refractivity contribution in [3.63, 3.8) is 0 Å². The normalized spacial score (nSPS) is 18.0. The predicted molar refractivity (Wildman–Crippen MR) is 82.5 cm³/mol. The lowest BCUT2D eigenvalue weighted by molar-refractivity contribution is -0.383. The first-order valence-electron chi connectivity index (χ1n) is 7.24. The number of fused-ring (bicyclic) bond motifs is 1. The number of nitrogens with one attached hydrogen (secondary N) is 2. The first-order chi connectivity index (χ1) is 10.3. The van der Waals surface area contributed by atoms with E-state index in [0.29, 0.717) is 11.4 Å². The summed E-state index contributed by atoms with van der Waals surface area (Å²) in [5.74, 6) is 0. The molecule has 1 aromatic carbocycles. The van der Waals surface area contributed by atoms with Gasteiger partial charge in [-0.05, 0) is 37.9 Å². The average Bonchev–Trinajstić information content (AvgIpc) is 3.00. The number of non-ortho nitro benzene ring substituents is 1. The average molecular weight is 286 g/mol. The van der Waals surface area contributed by atoms with E-state index in [4.69, 9.17) is 0 Å². The summed E-state index contributed by atoms with van der Waals surface area (Å²) in [7, 11) is 0. The lowest BCUT2D eigenvalue weighted by atomic mass is 10.1. The van der Waals surface area contributed by atoms with Gasteiger partial charge in [-0.2, -0.15) is 0 Å². The van der Waals surface area contributed by atoms with Crippen LogP contribution in [0.1, 0.15) is 19.3 Å². The number of aromatic nitrogens is 1. The Labute approximate surface area is 122 Å². The quantitative estimate of drug-likeness (QED) is 0.652. The summed E-state index contributed by atoms with van der Waals surface area (Å²) in [6.07, 6.45) is 6.75. The van der Waals surface area contributed by atoms with Crippen molar-refractivity contribution in [1.82, 2.24) is 10.3 Å². The van der Waals surface area contributed by atoms with E-state index in [1.54, 1.807) is 24.5 Å². The van der Waals surface area contributed by atoms with Gasteiger partial charge in [-0.3, -0.25) is 15.1 Å². The fraction of sp³-hybridized carbons (Fsp3) is 0.400. The molecular formula is C15H18N4O2. The maximum Gasteiger partial charge on any atom is 0.278 e. The van der Waals surface area contributed by atoms with E-state index in [1.165, 1.54) is 12.8 Å². The van der Waals surface area contributed by atoms with Gasteiger partial charge in [0.2, 0.25) is 0 Å². The Kier molecular flexibility index (Phi) is 3.96. The molecule has 0 aliphatic carbocycles. The zero-order valence-corrected chi connectivity index (χ0v) is 11.7. The van der Waals surface area contributed by atoms with Crippen molar-refractivity contribution in [3.05, 3.63) is 40.7 Å². The molecule has 110 valence electrons. The van der Waals surface area contributed by atoms with Crippen molar-refractivity contribution in [3.8, 4) is 0 Å². The molecule has 0 bridgehead atoms. The molecule has 2 heterocycles. The van der Waals surface area contributed by atoms with Gasteiger partial charge in [-0.1, -0.05) is 0 Å². The number of anilines is 1. The second-order valence-corrected chi connectivity index (χ2v) is 5.32. The molecule has 3 rings (SSSR count). The molecule has 0 saturated carbocycles. The van der Waals surface area contributed by atoms with Gasteiger partial charge in [0.15, 0.2) is 0 Å². The van der Waals surface area contributed by atoms with Gasteiger partial charge in [-0.15, -0.1) is 0 Å². The van der Waals surface area contributed by atoms with E-state index in [0.717, 1.165) is 30.6 Å². The highest BCUT2D eigenvalue weighted by Crippen LogP contribution is 2.30. The monoisotopic (exact) mass is 286 g/mol. The summed E-state index contributed by atoms with van der Waals surface area (Å²) >= 11 is 0. The number of hydrogen-bond acceptors (Lipinski definition) is 5. The van der Waals surface area contributed by atoms with Crippen LogP contribution in [0.2, 0.25) is 0 Å². The van der Waals surface area contributed by atoms with Crippen LogP contribution in [0.25, 0.3) is 10.8 Å². The Morgan fingerprint density at radius 1 is 1.38 bits per heavy atom. The lowest BCUT2D eigenvalue weighted by Gasteiger charge is -2.13. The number of nitro groups is 1. The van der Waals surface area contributed by atoms with Crippen LogP contribution in [0.5, 0.6) is 0 Å². The SMILES string of the molecule is O=[N+]([O-])c1ccc(NCCC2CCCN2)c2ccncc12. The van der Waals surface area contributed by atoms with Crippen LogP contribution in [-0.2, 0) is 0 Å². The Morgan fingerprint density at radius 3 is 3.05 bits per heavy atom.